The van der Waals surface area contributed by atoms with Crippen molar-refractivity contribution in [2.24, 2.45) is 0 Å². The minimum atomic E-state index is -4.67. The van der Waals surface area contributed by atoms with Gasteiger partial charge in [0.2, 0.25) is 5.91 Å². The Balaban J connectivity index is 1.15. The summed E-state index contributed by atoms with van der Waals surface area (Å²) in [6.07, 6.45) is -2.34. The zero-order valence-corrected chi connectivity index (χ0v) is 20.5. The number of benzene rings is 1. The van der Waals surface area contributed by atoms with E-state index in [1.54, 1.807) is 12.3 Å². The summed E-state index contributed by atoms with van der Waals surface area (Å²) in [5.74, 6) is 0.187. The largest absolute Gasteiger partial charge is 0.522 e. The first-order valence-electron chi connectivity index (χ1n) is 11.7. The van der Waals surface area contributed by atoms with Gasteiger partial charge in [-0.1, -0.05) is 30.7 Å². The van der Waals surface area contributed by atoms with E-state index in [9.17, 15) is 22.4 Å². The Morgan fingerprint density at radius 1 is 1.25 bits per heavy atom. The van der Waals surface area contributed by atoms with Gasteiger partial charge in [-0.25, -0.2) is 9.07 Å². The van der Waals surface area contributed by atoms with Gasteiger partial charge < -0.3 is 10.1 Å². The molecule has 4 aliphatic carbocycles. The molecule has 1 aromatic carbocycles. The predicted molar refractivity (Wildman–Crippen MR) is 121 cm³/mol. The monoisotopic (exact) mass is 529 g/mol. The lowest BCUT2D eigenvalue weighted by Gasteiger charge is -2.69. The van der Waals surface area contributed by atoms with E-state index >= 15 is 0 Å². The number of amides is 1. The lowest BCUT2D eigenvalue weighted by molar-refractivity contribution is -0.357. The molecular weight excluding hydrogens is 504 g/mol. The van der Waals surface area contributed by atoms with Gasteiger partial charge in [0, 0.05) is 29.9 Å². The molecule has 1 aromatic heterocycles. The van der Waals surface area contributed by atoms with Crippen molar-refractivity contribution < 1.29 is 31.8 Å². The zero-order chi connectivity index (χ0) is 25.9. The molecule has 195 valence electrons. The quantitative estimate of drug-likeness (QED) is 0.472. The number of ether oxygens (including phenoxy) is 2. The van der Waals surface area contributed by atoms with Crippen LogP contribution in [-0.4, -0.2) is 51.1 Å². The molecule has 0 spiro atoms. The maximum absolute atomic E-state index is 13.8. The highest BCUT2D eigenvalue weighted by Crippen LogP contribution is 2.67. The second-order valence-electron chi connectivity index (χ2n) is 10.5. The molecule has 2 aromatic rings. The number of aromatic nitrogens is 3. The highest BCUT2D eigenvalue weighted by molar-refractivity contribution is 6.30. The minimum Gasteiger partial charge on any atom is -0.365 e. The predicted octanol–water partition coefficient (Wildman–Crippen LogP) is 4.81. The fraction of sp³-hybridized carbons (Fsp3) is 0.583. The number of hydrogen-bond donors (Lipinski definition) is 1. The van der Waals surface area contributed by atoms with Crippen molar-refractivity contribution in [1.82, 2.24) is 20.3 Å². The summed E-state index contributed by atoms with van der Waals surface area (Å²) in [4.78, 5) is 13.0. The van der Waals surface area contributed by atoms with Crippen molar-refractivity contribution in [1.29, 1.82) is 0 Å². The van der Waals surface area contributed by atoms with Crippen molar-refractivity contribution in [2.45, 2.75) is 88.0 Å². The van der Waals surface area contributed by atoms with E-state index in [0.717, 1.165) is 11.6 Å². The molecular formula is C24H26ClF4N4O3. The molecule has 0 aliphatic heterocycles. The number of alkyl halides is 3. The van der Waals surface area contributed by atoms with Gasteiger partial charge in [0.1, 0.15) is 11.9 Å². The molecule has 4 fully saturated rings. The second-order valence-corrected chi connectivity index (χ2v) is 10.9. The van der Waals surface area contributed by atoms with Crippen LogP contribution in [0.4, 0.5) is 17.6 Å². The first-order valence-corrected chi connectivity index (χ1v) is 12.1. The summed E-state index contributed by atoms with van der Waals surface area (Å²) in [5, 5.41) is 11.5. The third-order valence-corrected chi connectivity index (χ3v) is 7.52. The molecule has 36 heavy (non-hydrogen) atoms. The summed E-state index contributed by atoms with van der Waals surface area (Å²) in [6.45, 7) is 3.76. The fourth-order valence-electron chi connectivity index (χ4n) is 5.51. The van der Waals surface area contributed by atoms with Crippen LogP contribution in [0.15, 0.2) is 24.4 Å². The molecule has 1 radical (unpaired) electrons. The van der Waals surface area contributed by atoms with E-state index in [4.69, 9.17) is 16.3 Å². The Bertz CT molecular complexity index is 1130. The Morgan fingerprint density at radius 2 is 1.94 bits per heavy atom. The fourth-order valence-corrected chi connectivity index (χ4v) is 5.63. The van der Waals surface area contributed by atoms with E-state index in [1.165, 1.54) is 16.8 Å². The molecule has 1 heterocycles. The van der Waals surface area contributed by atoms with E-state index < -0.39 is 30.5 Å². The van der Waals surface area contributed by atoms with Gasteiger partial charge in [-0.15, -0.1) is 18.3 Å². The van der Waals surface area contributed by atoms with Crippen LogP contribution in [0.2, 0.25) is 5.02 Å². The van der Waals surface area contributed by atoms with Crippen molar-refractivity contribution >= 4 is 17.5 Å². The van der Waals surface area contributed by atoms with Gasteiger partial charge in [-0.2, -0.15) is 0 Å². The van der Waals surface area contributed by atoms with Crippen LogP contribution in [0.3, 0.4) is 0 Å². The smallest absolute Gasteiger partial charge is 0.365 e. The highest BCUT2D eigenvalue weighted by atomic mass is 35.5. The number of carbonyl (C=O) groups is 1. The van der Waals surface area contributed by atoms with Crippen LogP contribution in [0.5, 0.6) is 0 Å². The molecule has 1 atom stereocenters. The molecule has 7 nitrogen and oxygen atoms in total. The van der Waals surface area contributed by atoms with Gasteiger partial charge >= 0.3 is 6.36 Å². The second kappa shape index (κ2) is 8.95. The lowest BCUT2D eigenvalue weighted by Crippen LogP contribution is -2.77. The third-order valence-electron chi connectivity index (χ3n) is 7.22. The van der Waals surface area contributed by atoms with Crippen LogP contribution in [-0.2, 0) is 19.7 Å². The SMILES string of the molecule is C[C](C)CC(OC1CC(OC(F)(F)F)C1)C(=O)NC12CC(c3cn(-c4ccc(Cl)c(F)c4)nn3)(C1)C2. The number of carbonyl (C=O) groups excluding carboxylic acids is 1. The van der Waals surface area contributed by atoms with Gasteiger partial charge in [-0.3, -0.25) is 9.53 Å². The normalized spacial score (nSPS) is 29.8. The van der Waals surface area contributed by atoms with Crippen LogP contribution in [0, 0.1) is 11.7 Å². The summed E-state index contributed by atoms with van der Waals surface area (Å²) < 4.78 is 62.3. The van der Waals surface area contributed by atoms with Gasteiger partial charge in [0.15, 0.2) is 0 Å². The average molecular weight is 530 g/mol. The minimum absolute atomic E-state index is 0.0288. The van der Waals surface area contributed by atoms with Crippen molar-refractivity contribution in [3.05, 3.63) is 46.8 Å². The molecule has 1 unspecified atom stereocenters. The number of halogens is 5. The van der Waals surface area contributed by atoms with Gasteiger partial charge in [-0.05, 0) is 43.7 Å². The Hall–Kier alpha value is -2.24. The zero-order valence-electron chi connectivity index (χ0n) is 19.7. The molecule has 6 rings (SSSR count). The van der Waals surface area contributed by atoms with Crippen LogP contribution < -0.4 is 5.32 Å². The van der Waals surface area contributed by atoms with Crippen molar-refractivity contribution in [2.75, 3.05) is 0 Å². The Labute approximate surface area is 210 Å². The van der Waals surface area contributed by atoms with Crippen LogP contribution in [0.1, 0.15) is 58.1 Å². The first kappa shape index (κ1) is 25.4. The molecule has 2 bridgehead atoms. The summed E-state index contributed by atoms with van der Waals surface area (Å²) in [7, 11) is 0. The maximum atomic E-state index is 13.8. The van der Waals surface area contributed by atoms with E-state index in [2.05, 4.69) is 20.4 Å². The summed E-state index contributed by atoms with van der Waals surface area (Å²) in [5.41, 5.74) is 0.758. The highest BCUT2D eigenvalue weighted by Gasteiger charge is 2.70. The van der Waals surface area contributed by atoms with Crippen LogP contribution in [0.25, 0.3) is 5.69 Å². The van der Waals surface area contributed by atoms with Crippen molar-refractivity contribution in [3.63, 3.8) is 0 Å². The average Bonchev–Trinajstić information content (AvgIpc) is 3.17. The number of hydrogen-bond acceptors (Lipinski definition) is 5. The van der Waals surface area contributed by atoms with E-state index in [1.807, 2.05) is 13.8 Å². The molecule has 0 saturated heterocycles. The number of rotatable bonds is 9. The van der Waals surface area contributed by atoms with Crippen molar-refractivity contribution in [3.8, 4) is 5.69 Å². The Morgan fingerprint density at radius 3 is 2.56 bits per heavy atom. The third kappa shape index (κ3) is 4.97. The van der Waals surface area contributed by atoms with Crippen LogP contribution >= 0.6 is 11.6 Å². The molecule has 4 aliphatic rings. The lowest BCUT2D eigenvalue weighted by atomic mass is 9.38. The molecule has 1 amide bonds. The van der Waals surface area contributed by atoms with Gasteiger partial charge in [0.05, 0.1) is 34.8 Å². The Kier molecular flexibility index (Phi) is 6.32. The first-order chi connectivity index (χ1) is 16.9. The van der Waals surface area contributed by atoms with E-state index in [0.29, 0.717) is 31.4 Å². The number of nitrogens with one attached hydrogen (secondary N) is 1. The number of nitrogens with zero attached hydrogens (tertiary/aromatic N) is 3. The van der Waals surface area contributed by atoms with Gasteiger partial charge in [0.25, 0.3) is 0 Å². The molecule has 12 heteroatoms. The topological polar surface area (TPSA) is 78.3 Å². The molecule has 1 N–H and O–H groups in total. The molecule has 4 saturated carbocycles. The van der Waals surface area contributed by atoms with E-state index in [-0.39, 0.29) is 34.7 Å². The summed E-state index contributed by atoms with van der Waals surface area (Å²) in [6, 6.07) is 4.40. The maximum Gasteiger partial charge on any atom is 0.522 e. The summed E-state index contributed by atoms with van der Waals surface area (Å²) >= 11 is 5.75. The standard InChI is InChI=1S/C24H26ClF4N4O3/c1-13(2)5-19(35-15-7-16(8-15)36-24(27,28)29)21(34)30-23-10-22(11-23,12-23)20-9-33(32-31-20)14-3-4-17(25)18(26)6-14/h3-4,6,9,15-16,19H,5,7-8,10-12H2,1-2H3,(H,30,34).